The fraction of sp³-hybridized carbons (Fsp3) is 0.474. The van der Waals surface area contributed by atoms with E-state index in [2.05, 4.69) is 25.8 Å². The number of rotatable bonds is 9. The second kappa shape index (κ2) is 10.2. The monoisotopic (exact) mass is 422 g/mol. The lowest BCUT2D eigenvalue weighted by Crippen LogP contribution is -2.42. The summed E-state index contributed by atoms with van der Waals surface area (Å²) in [6.07, 6.45) is 1.47. The molecule has 1 aromatic heterocycles. The van der Waals surface area contributed by atoms with Crippen molar-refractivity contribution < 1.29 is 23.1 Å². The maximum atomic E-state index is 14.3. The molecular formula is C19H24F2N6O3. The van der Waals surface area contributed by atoms with Crippen molar-refractivity contribution in [3.8, 4) is 0 Å². The lowest BCUT2D eigenvalue weighted by Gasteiger charge is -2.26. The van der Waals surface area contributed by atoms with Crippen LogP contribution in [0, 0.1) is 0 Å². The van der Waals surface area contributed by atoms with Gasteiger partial charge in [0.15, 0.2) is 5.69 Å². The van der Waals surface area contributed by atoms with E-state index in [9.17, 15) is 18.4 Å². The topological polar surface area (TPSA) is 101 Å². The number of aromatic nitrogens is 3. The van der Waals surface area contributed by atoms with Gasteiger partial charge in [0.25, 0.3) is 5.91 Å². The molecule has 9 nitrogen and oxygen atoms in total. The van der Waals surface area contributed by atoms with Crippen LogP contribution in [-0.4, -0.2) is 71.1 Å². The standard InChI is InChI=1S/C19H24F2N6O3/c20-19(21,18(29)23-13-15-5-2-1-3-6-15)27-14-16(24-25-27)17(28)22-7-4-8-26-9-11-30-12-10-26/h1-3,5-6,14H,4,7-13H2,(H,22,28)(H,23,29). The van der Waals surface area contributed by atoms with Gasteiger partial charge in [0, 0.05) is 26.2 Å². The van der Waals surface area contributed by atoms with Crippen LogP contribution in [0.2, 0.25) is 0 Å². The van der Waals surface area contributed by atoms with Crippen LogP contribution in [0.15, 0.2) is 36.5 Å². The molecule has 0 spiro atoms. The third-order valence-corrected chi connectivity index (χ3v) is 4.62. The van der Waals surface area contributed by atoms with E-state index in [0.717, 1.165) is 25.8 Å². The summed E-state index contributed by atoms with van der Waals surface area (Å²) >= 11 is 0. The minimum Gasteiger partial charge on any atom is -0.379 e. The molecule has 30 heavy (non-hydrogen) atoms. The average molecular weight is 422 g/mol. The van der Waals surface area contributed by atoms with E-state index in [4.69, 9.17) is 4.74 Å². The highest BCUT2D eigenvalue weighted by atomic mass is 19.3. The van der Waals surface area contributed by atoms with Gasteiger partial charge in [-0.05, 0) is 18.5 Å². The Hall–Kier alpha value is -2.92. The second-order valence-corrected chi connectivity index (χ2v) is 6.82. The van der Waals surface area contributed by atoms with Crippen molar-refractivity contribution in [1.29, 1.82) is 0 Å². The van der Waals surface area contributed by atoms with Crippen molar-refractivity contribution in [3.63, 3.8) is 0 Å². The summed E-state index contributed by atoms with van der Waals surface area (Å²) in [6, 6.07) is 4.69. The number of alkyl halides is 2. The van der Waals surface area contributed by atoms with Gasteiger partial charge in [0.1, 0.15) is 0 Å². The zero-order chi connectivity index (χ0) is 21.4. The van der Waals surface area contributed by atoms with E-state index in [1.807, 2.05) is 0 Å². The molecule has 3 rings (SSSR count). The summed E-state index contributed by atoms with van der Waals surface area (Å²) in [4.78, 5) is 26.2. The predicted molar refractivity (Wildman–Crippen MR) is 103 cm³/mol. The number of nitrogens with zero attached hydrogens (tertiary/aromatic N) is 4. The normalized spacial score (nSPS) is 15.0. The number of hydrogen-bond donors (Lipinski definition) is 2. The molecule has 2 amide bonds. The van der Waals surface area contributed by atoms with Crippen molar-refractivity contribution in [3.05, 3.63) is 47.8 Å². The molecule has 11 heteroatoms. The maximum Gasteiger partial charge on any atom is 0.423 e. The second-order valence-electron chi connectivity index (χ2n) is 6.82. The first-order chi connectivity index (χ1) is 14.5. The van der Waals surface area contributed by atoms with Gasteiger partial charge in [0.2, 0.25) is 0 Å². The summed E-state index contributed by atoms with van der Waals surface area (Å²) in [7, 11) is 0. The maximum absolute atomic E-state index is 14.3. The molecule has 1 aromatic carbocycles. The largest absolute Gasteiger partial charge is 0.423 e. The van der Waals surface area contributed by atoms with E-state index in [0.29, 0.717) is 31.7 Å². The van der Waals surface area contributed by atoms with Crippen LogP contribution in [-0.2, 0) is 22.1 Å². The number of morpholine rings is 1. The number of nitrogens with one attached hydrogen (secondary N) is 2. The Morgan fingerprint density at radius 3 is 2.60 bits per heavy atom. The van der Waals surface area contributed by atoms with Crippen LogP contribution in [0.5, 0.6) is 0 Å². The fourth-order valence-electron chi connectivity index (χ4n) is 2.91. The Balaban J connectivity index is 1.47. The number of carbonyl (C=O) groups excluding carboxylic acids is 2. The highest BCUT2D eigenvalue weighted by Crippen LogP contribution is 2.20. The third-order valence-electron chi connectivity index (χ3n) is 4.62. The van der Waals surface area contributed by atoms with Gasteiger partial charge in [-0.3, -0.25) is 14.5 Å². The van der Waals surface area contributed by atoms with Crippen molar-refractivity contribution in [1.82, 2.24) is 30.5 Å². The van der Waals surface area contributed by atoms with E-state index in [1.54, 1.807) is 30.3 Å². The molecule has 1 saturated heterocycles. The lowest BCUT2D eigenvalue weighted by atomic mass is 10.2. The lowest BCUT2D eigenvalue weighted by molar-refractivity contribution is -0.164. The molecule has 0 unspecified atom stereocenters. The van der Waals surface area contributed by atoms with Crippen molar-refractivity contribution in [2.75, 3.05) is 39.4 Å². The van der Waals surface area contributed by atoms with Crippen molar-refractivity contribution in [2.45, 2.75) is 19.0 Å². The molecule has 0 radical (unpaired) electrons. The molecule has 0 atom stereocenters. The first kappa shape index (κ1) is 21.8. The summed E-state index contributed by atoms with van der Waals surface area (Å²) in [5, 5.41) is 11.5. The molecule has 0 aliphatic carbocycles. The van der Waals surface area contributed by atoms with Crippen LogP contribution in [0.4, 0.5) is 8.78 Å². The van der Waals surface area contributed by atoms with Gasteiger partial charge < -0.3 is 15.4 Å². The summed E-state index contributed by atoms with van der Waals surface area (Å²) in [5.74, 6) is -2.16. The number of carbonyl (C=O) groups is 2. The summed E-state index contributed by atoms with van der Waals surface area (Å²) in [6.45, 7) is 4.21. The Kier molecular flexibility index (Phi) is 7.41. The van der Waals surface area contributed by atoms with Gasteiger partial charge in [-0.25, -0.2) is 0 Å². The molecule has 0 saturated carbocycles. The first-order valence-corrected chi connectivity index (χ1v) is 9.68. The zero-order valence-corrected chi connectivity index (χ0v) is 16.4. The van der Waals surface area contributed by atoms with Crippen LogP contribution < -0.4 is 10.6 Å². The fourth-order valence-corrected chi connectivity index (χ4v) is 2.91. The van der Waals surface area contributed by atoms with Gasteiger partial charge in [-0.15, -0.1) is 5.10 Å². The van der Waals surface area contributed by atoms with Crippen LogP contribution in [0.3, 0.4) is 0 Å². The molecule has 1 aliphatic heterocycles. The average Bonchev–Trinajstić information content (AvgIpc) is 3.28. The third kappa shape index (κ3) is 5.80. The highest BCUT2D eigenvalue weighted by Gasteiger charge is 2.42. The van der Waals surface area contributed by atoms with Gasteiger partial charge in [-0.1, -0.05) is 35.5 Å². The minimum absolute atomic E-state index is 0.0551. The zero-order valence-electron chi connectivity index (χ0n) is 16.4. The molecular weight excluding hydrogens is 398 g/mol. The molecule has 0 bridgehead atoms. The molecule has 2 aromatic rings. The van der Waals surface area contributed by atoms with E-state index >= 15 is 0 Å². The summed E-state index contributed by atoms with van der Waals surface area (Å²) in [5.41, 5.74) is 0.397. The van der Waals surface area contributed by atoms with Crippen molar-refractivity contribution in [2.24, 2.45) is 0 Å². The molecule has 2 N–H and O–H groups in total. The van der Waals surface area contributed by atoms with Crippen LogP contribution in [0.25, 0.3) is 0 Å². The van der Waals surface area contributed by atoms with E-state index in [-0.39, 0.29) is 16.9 Å². The van der Waals surface area contributed by atoms with Gasteiger partial charge in [-0.2, -0.15) is 13.5 Å². The number of ether oxygens (including phenoxy) is 1. The molecule has 1 aliphatic rings. The minimum atomic E-state index is -3.98. The molecule has 162 valence electrons. The SMILES string of the molecule is O=C(NCCCN1CCOCC1)c1cn(C(F)(F)C(=O)NCc2ccccc2)nn1. The summed E-state index contributed by atoms with van der Waals surface area (Å²) < 4.78 is 34.0. The van der Waals surface area contributed by atoms with Crippen LogP contribution >= 0.6 is 0 Å². The Morgan fingerprint density at radius 1 is 1.13 bits per heavy atom. The van der Waals surface area contributed by atoms with Crippen molar-refractivity contribution >= 4 is 11.8 Å². The van der Waals surface area contributed by atoms with E-state index in [1.165, 1.54) is 0 Å². The van der Waals surface area contributed by atoms with E-state index < -0.39 is 17.9 Å². The predicted octanol–water partition coefficient (Wildman–Crippen LogP) is 0.596. The quantitative estimate of drug-likeness (QED) is 0.574. The van der Waals surface area contributed by atoms with Crippen LogP contribution in [0.1, 0.15) is 22.5 Å². The number of halogens is 2. The Labute approximate surface area is 172 Å². The molecule has 2 heterocycles. The molecule has 1 fully saturated rings. The Morgan fingerprint density at radius 2 is 1.87 bits per heavy atom. The Bertz CT molecular complexity index is 840. The smallest absolute Gasteiger partial charge is 0.379 e. The first-order valence-electron chi connectivity index (χ1n) is 9.68. The highest BCUT2D eigenvalue weighted by molar-refractivity contribution is 5.92. The number of hydrogen-bond acceptors (Lipinski definition) is 6. The van der Waals surface area contributed by atoms with Gasteiger partial charge >= 0.3 is 12.0 Å². The van der Waals surface area contributed by atoms with Gasteiger partial charge in [0.05, 0.1) is 19.4 Å². The number of benzene rings is 1. The number of amides is 2.